The second-order valence-electron chi connectivity index (χ2n) is 13.2. The molecule has 5 nitrogen and oxygen atoms in total. The summed E-state index contributed by atoms with van der Waals surface area (Å²) in [6.45, 7) is 22.3. The summed E-state index contributed by atoms with van der Waals surface area (Å²) < 4.78 is 12.5. The van der Waals surface area contributed by atoms with Crippen molar-refractivity contribution >= 4 is 20.1 Å². The lowest BCUT2D eigenvalue weighted by Gasteiger charge is -2.38. The van der Waals surface area contributed by atoms with E-state index in [2.05, 4.69) is 57.8 Å². The van der Waals surface area contributed by atoms with Crippen LogP contribution >= 0.6 is 0 Å². The van der Waals surface area contributed by atoms with Crippen LogP contribution in [0.3, 0.4) is 0 Å². The Morgan fingerprint density at radius 2 is 1.69 bits per heavy atom. The van der Waals surface area contributed by atoms with Crippen LogP contribution in [0.4, 0.5) is 0 Å². The lowest BCUT2D eigenvalue weighted by atomic mass is 9.85. The van der Waals surface area contributed by atoms with Gasteiger partial charge in [0.25, 0.3) is 0 Å². The summed E-state index contributed by atoms with van der Waals surface area (Å²) >= 11 is 0. The van der Waals surface area contributed by atoms with Crippen molar-refractivity contribution < 1.29 is 18.8 Å². The number of ketones is 1. The zero-order chi connectivity index (χ0) is 27.3. The first-order valence-electron chi connectivity index (χ1n) is 13.7. The Morgan fingerprint density at radius 3 is 2.19 bits per heavy atom. The molecular weight excluding hydrogens is 466 g/mol. The monoisotopic (exact) mass is 517 g/mol. The maximum Gasteiger partial charge on any atom is 0.323 e. The van der Waals surface area contributed by atoms with Gasteiger partial charge >= 0.3 is 5.97 Å². The summed E-state index contributed by atoms with van der Waals surface area (Å²) in [6.07, 6.45) is 3.18. The van der Waals surface area contributed by atoms with Gasteiger partial charge in [-0.25, -0.2) is 0 Å². The van der Waals surface area contributed by atoms with E-state index < -0.39 is 13.9 Å². The first-order valence-corrected chi connectivity index (χ1v) is 16.6. The van der Waals surface area contributed by atoms with Crippen molar-refractivity contribution in [3.63, 3.8) is 0 Å². The average molecular weight is 518 g/mol. The lowest BCUT2D eigenvalue weighted by molar-refractivity contribution is -0.162. The van der Waals surface area contributed by atoms with Gasteiger partial charge in [0.2, 0.25) is 0 Å². The highest BCUT2D eigenvalue weighted by Crippen LogP contribution is 2.38. The van der Waals surface area contributed by atoms with Crippen LogP contribution in [0.1, 0.15) is 80.2 Å². The van der Waals surface area contributed by atoms with E-state index >= 15 is 0 Å². The molecule has 204 valence electrons. The van der Waals surface area contributed by atoms with Gasteiger partial charge in [-0.05, 0) is 76.6 Å². The van der Waals surface area contributed by atoms with E-state index in [1.165, 1.54) is 5.56 Å². The fourth-order valence-electron chi connectivity index (χ4n) is 4.91. The molecular formula is C30H51NO4Si. The molecule has 1 aromatic rings. The van der Waals surface area contributed by atoms with Crippen LogP contribution in [0, 0.1) is 11.8 Å². The number of Topliss-reactive ketones (excluding diaryl/α,β-unsaturated/α-hetero) is 1. The number of carbonyl (C=O) groups is 2. The highest BCUT2D eigenvalue weighted by atomic mass is 28.4. The molecule has 0 saturated carbocycles. The molecule has 1 aliphatic rings. The van der Waals surface area contributed by atoms with Crippen molar-refractivity contribution in [2.75, 3.05) is 13.2 Å². The van der Waals surface area contributed by atoms with Crippen LogP contribution in [0.25, 0.3) is 0 Å². The third-order valence-electron chi connectivity index (χ3n) is 7.89. The quantitative estimate of drug-likeness (QED) is 0.243. The standard InChI is InChI=1S/C30H51NO4Si/c1-11-15-25(22(2)32)26(18-23-16-13-12-14-17-23)31-20-24(21-34-36(9,10)30(6,7)8)19-27(31)28(33)35-29(3,4)5/h12-14,16-17,24-27H,11,15,18-21H2,1-10H3/t24-,25+,26-,27?/m1/s1. The van der Waals surface area contributed by atoms with E-state index in [4.69, 9.17) is 9.16 Å². The molecule has 1 aromatic carbocycles. The third kappa shape index (κ3) is 8.52. The third-order valence-corrected chi connectivity index (χ3v) is 12.4. The Balaban J connectivity index is 2.40. The first kappa shape index (κ1) is 30.7. The maximum absolute atomic E-state index is 13.5. The smallest absolute Gasteiger partial charge is 0.323 e. The topological polar surface area (TPSA) is 55.8 Å². The van der Waals surface area contributed by atoms with Gasteiger partial charge in [-0.1, -0.05) is 64.4 Å². The number of benzene rings is 1. The molecule has 36 heavy (non-hydrogen) atoms. The minimum Gasteiger partial charge on any atom is -0.459 e. The normalized spacial score (nSPS) is 21.3. The number of hydrogen-bond acceptors (Lipinski definition) is 5. The zero-order valence-corrected chi connectivity index (χ0v) is 25.5. The van der Waals surface area contributed by atoms with Crippen LogP contribution < -0.4 is 0 Å². The molecule has 1 saturated heterocycles. The number of nitrogens with zero attached hydrogens (tertiary/aromatic N) is 1. The van der Waals surface area contributed by atoms with Gasteiger partial charge < -0.3 is 9.16 Å². The molecule has 0 radical (unpaired) electrons. The minimum atomic E-state index is -1.91. The number of carbonyl (C=O) groups excluding carboxylic acids is 2. The van der Waals surface area contributed by atoms with E-state index in [-0.39, 0.29) is 40.7 Å². The molecule has 0 N–H and O–H groups in total. The summed E-state index contributed by atoms with van der Waals surface area (Å²) in [4.78, 5) is 28.7. The summed E-state index contributed by atoms with van der Waals surface area (Å²) in [5.41, 5.74) is 0.630. The number of rotatable bonds is 11. The number of likely N-dealkylation sites (tertiary alicyclic amines) is 1. The Labute approximate surface area is 221 Å². The van der Waals surface area contributed by atoms with Gasteiger partial charge in [0.15, 0.2) is 8.32 Å². The zero-order valence-electron chi connectivity index (χ0n) is 24.5. The van der Waals surface area contributed by atoms with Crippen LogP contribution in [0.15, 0.2) is 30.3 Å². The largest absolute Gasteiger partial charge is 0.459 e. The average Bonchev–Trinajstić information content (AvgIpc) is 3.18. The molecule has 0 bridgehead atoms. The van der Waals surface area contributed by atoms with Crippen molar-refractivity contribution in [3.8, 4) is 0 Å². The molecule has 0 aliphatic carbocycles. The summed E-state index contributed by atoms with van der Waals surface area (Å²) in [7, 11) is -1.91. The fraction of sp³-hybridized carbons (Fsp3) is 0.733. The van der Waals surface area contributed by atoms with Crippen molar-refractivity contribution in [2.24, 2.45) is 11.8 Å². The molecule has 4 atom stereocenters. The van der Waals surface area contributed by atoms with Crippen molar-refractivity contribution in [1.82, 2.24) is 4.90 Å². The summed E-state index contributed by atoms with van der Waals surface area (Å²) in [5.74, 6) is 0.111. The van der Waals surface area contributed by atoms with Gasteiger partial charge in [0, 0.05) is 25.1 Å². The van der Waals surface area contributed by atoms with E-state index in [0.29, 0.717) is 13.0 Å². The highest BCUT2D eigenvalue weighted by molar-refractivity contribution is 6.74. The first-order chi connectivity index (χ1) is 16.6. The molecule has 1 heterocycles. The Hall–Kier alpha value is -1.50. The van der Waals surface area contributed by atoms with Crippen molar-refractivity contribution in [1.29, 1.82) is 0 Å². The predicted octanol–water partition coefficient (Wildman–Crippen LogP) is 6.66. The summed E-state index contributed by atoms with van der Waals surface area (Å²) in [5, 5.41) is 0.132. The number of hydrogen-bond donors (Lipinski definition) is 0. The van der Waals surface area contributed by atoms with Crippen molar-refractivity contribution in [2.45, 2.75) is 117 Å². The van der Waals surface area contributed by atoms with E-state index in [1.807, 2.05) is 39.0 Å². The van der Waals surface area contributed by atoms with E-state index in [9.17, 15) is 9.59 Å². The molecule has 1 aliphatic heterocycles. The Bertz CT molecular complexity index is 856. The SMILES string of the molecule is CCC[C@@H](C(C)=O)[C@@H](Cc1ccccc1)N1C[C@H](CO[Si](C)(C)C(C)(C)C)CC1C(=O)OC(C)(C)C. The lowest BCUT2D eigenvalue weighted by Crippen LogP contribution is -2.51. The molecule has 1 unspecified atom stereocenters. The van der Waals surface area contributed by atoms with Gasteiger partial charge in [-0.2, -0.15) is 0 Å². The van der Waals surface area contributed by atoms with Crippen LogP contribution in [-0.2, 0) is 25.2 Å². The molecule has 6 heteroatoms. The van der Waals surface area contributed by atoms with E-state index in [0.717, 1.165) is 25.8 Å². The van der Waals surface area contributed by atoms with Crippen LogP contribution in [-0.4, -0.2) is 55.8 Å². The number of esters is 1. The Morgan fingerprint density at radius 1 is 1.08 bits per heavy atom. The van der Waals surface area contributed by atoms with Crippen LogP contribution in [0.2, 0.25) is 18.1 Å². The molecule has 0 spiro atoms. The second-order valence-corrected chi connectivity index (χ2v) is 18.0. The highest BCUT2D eigenvalue weighted by Gasteiger charge is 2.46. The summed E-state index contributed by atoms with van der Waals surface area (Å²) in [6, 6.07) is 9.91. The second kappa shape index (κ2) is 12.4. The minimum absolute atomic E-state index is 0.0553. The van der Waals surface area contributed by atoms with Crippen molar-refractivity contribution in [3.05, 3.63) is 35.9 Å². The molecule has 0 amide bonds. The Kier molecular flexibility index (Phi) is 10.5. The van der Waals surface area contributed by atoms with Crippen LogP contribution in [0.5, 0.6) is 0 Å². The van der Waals surface area contributed by atoms with Gasteiger partial charge in [-0.3, -0.25) is 14.5 Å². The molecule has 1 fully saturated rings. The molecule has 2 rings (SSSR count). The fourth-order valence-corrected chi connectivity index (χ4v) is 5.99. The number of ether oxygens (including phenoxy) is 1. The van der Waals surface area contributed by atoms with Gasteiger partial charge in [0.1, 0.15) is 17.4 Å². The van der Waals surface area contributed by atoms with Gasteiger partial charge in [-0.15, -0.1) is 0 Å². The van der Waals surface area contributed by atoms with Gasteiger partial charge in [0.05, 0.1) is 0 Å². The van der Waals surface area contributed by atoms with E-state index in [1.54, 1.807) is 6.92 Å². The molecule has 0 aromatic heterocycles. The maximum atomic E-state index is 13.5. The predicted molar refractivity (Wildman–Crippen MR) is 151 cm³/mol.